The molecule has 1 aliphatic carbocycles. The molecule has 2 N–H and O–H groups in total. The van der Waals surface area contributed by atoms with Crippen LogP contribution >= 0.6 is 0 Å². The minimum Gasteiger partial charge on any atom is -0.385 e. The Kier molecular flexibility index (Phi) is 4.24. The highest BCUT2D eigenvalue weighted by molar-refractivity contribution is 5.99. The number of carbonyl (C=O) groups excluding carboxylic acids is 1. The van der Waals surface area contributed by atoms with Crippen molar-refractivity contribution in [3.8, 4) is 0 Å². The van der Waals surface area contributed by atoms with E-state index in [9.17, 15) is 4.79 Å². The lowest BCUT2D eigenvalue weighted by atomic mass is 10.1. The highest BCUT2D eigenvalue weighted by Gasteiger charge is 2.28. The van der Waals surface area contributed by atoms with Crippen LogP contribution in [0.4, 0.5) is 5.69 Å². The van der Waals surface area contributed by atoms with E-state index in [1.807, 2.05) is 31.2 Å². The number of hydrogen-bond donors (Lipinski definition) is 2. The Labute approximate surface area is 109 Å². The molecule has 0 bridgehead atoms. The fourth-order valence-corrected chi connectivity index (χ4v) is 2.21. The summed E-state index contributed by atoms with van der Waals surface area (Å²) in [7, 11) is 0. The van der Waals surface area contributed by atoms with E-state index in [1.165, 1.54) is 12.8 Å². The van der Waals surface area contributed by atoms with Gasteiger partial charge in [0.1, 0.15) is 0 Å². The summed E-state index contributed by atoms with van der Waals surface area (Å²) in [5.74, 6) is 1.45. The molecular weight excluding hydrogens is 224 g/mol. The number of benzene rings is 1. The minimum absolute atomic E-state index is 0.0269. The Bertz CT molecular complexity index is 413. The van der Waals surface area contributed by atoms with Crippen molar-refractivity contribution in [2.45, 2.75) is 26.7 Å². The van der Waals surface area contributed by atoms with Crippen LogP contribution < -0.4 is 10.6 Å². The van der Waals surface area contributed by atoms with Gasteiger partial charge in [0.2, 0.25) is 0 Å². The van der Waals surface area contributed by atoms with Gasteiger partial charge in [0.25, 0.3) is 5.91 Å². The molecule has 0 spiro atoms. The van der Waals surface area contributed by atoms with E-state index < -0.39 is 0 Å². The van der Waals surface area contributed by atoms with Gasteiger partial charge >= 0.3 is 0 Å². The van der Waals surface area contributed by atoms with Crippen molar-refractivity contribution in [1.82, 2.24) is 5.32 Å². The molecule has 1 saturated carbocycles. The number of nitrogens with one attached hydrogen (secondary N) is 2. The predicted octanol–water partition coefficient (Wildman–Crippen LogP) is 2.89. The van der Waals surface area contributed by atoms with Gasteiger partial charge in [-0.25, -0.2) is 0 Å². The second-order valence-electron chi connectivity index (χ2n) is 5.10. The van der Waals surface area contributed by atoms with Crippen LogP contribution in [0.2, 0.25) is 0 Å². The zero-order valence-corrected chi connectivity index (χ0v) is 11.2. The molecule has 3 nitrogen and oxygen atoms in total. The van der Waals surface area contributed by atoms with Crippen molar-refractivity contribution in [1.29, 1.82) is 0 Å². The van der Waals surface area contributed by atoms with Crippen LogP contribution in [-0.4, -0.2) is 19.0 Å². The first kappa shape index (κ1) is 12.9. The highest BCUT2D eigenvalue weighted by atomic mass is 16.1. The van der Waals surface area contributed by atoms with Gasteiger partial charge in [-0.05, 0) is 43.7 Å². The van der Waals surface area contributed by atoms with Gasteiger partial charge in [0.15, 0.2) is 0 Å². The number of rotatable bonds is 6. The molecule has 2 rings (SSSR count). The lowest BCUT2D eigenvalue weighted by molar-refractivity contribution is 0.0947. The summed E-state index contributed by atoms with van der Waals surface area (Å²) in [5, 5.41) is 6.26. The monoisotopic (exact) mass is 246 g/mol. The summed E-state index contributed by atoms with van der Waals surface area (Å²) in [4.78, 5) is 12.1. The zero-order chi connectivity index (χ0) is 13.0. The maximum absolute atomic E-state index is 12.1. The second-order valence-corrected chi connectivity index (χ2v) is 5.10. The molecule has 1 aliphatic rings. The maximum atomic E-state index is 12.1. The van der Waals surface area contributed by atoms with Gasteiger partial charge in [-0.15, -0.1) is 0 Å². The number of amides is 1. The molecule has 0 aliphatic heterocycles. The molecule has 0 radical (unpaired) electrons. The molecule has 1 atom stereocenters. The van der Waals surface area contributed by atoms with E-state index in [-0.39, 0.29) is 5.91 Å². The summed E-state index contributed by atoms with van der Waals surface area (Å²) >= 11 is 0. The maximum Gasteiger partial charge on any atom is 0.253 e. The summed E-state index contributed by atoms with van der Waals surface area (Å²) < 4.78 is 0. The third-order valence-electron chi connectivity index (χ3n) is 3.55. The third kappa shape index (κ3) is 3.25. The van der Waals surface area contributed by atoms with Crippen molar-refractivity contribution in [3.63, 3.8) is 0 Å². The quantitative estimate of drug-likeness (QED) is 0.810. The SMILES string of the molecule is CCNc1ccccc1C(=O)NCC(C)C1CC1. The molecule has 0 aromatic heterocycles. The first-order valence-corrected chi connectivity index (χ1v) is 6.83. The zero-order valence-electron chi connectivity index (χ0n) is 11.2. The van der Waals surface area contributed by atoms with E-state index in [0.29, 0.717) is 5.92 Å². The van der Waals surface area contributed by atoms with Crippen molar-refractivity contribution in [2.75, 3.05) is 18.4 Å². The van der Waals surface area contributed by atoms with Crippen molar-refractivity contribution in [2.24, 2.45) is 11.8 Å². The van der Waals surface area contributed by atoms with Crippen LogP contribution in [0, 0.1) is 11.8 Å². The fraction of sp³-hybridized carbons (Fsp3) is 0.533. The van der Waals surface area contributed by atoms with Crippen LogP contribution in [0.1, 0.15) is 37.0 Å². The summed E-state index contributed by atoms with van der Waals surface area (Å²) in [6, 6.07) is 7.67. The third-order valence-corrected chi connectivity index (χ3v) is 3.55. The fourth-order valence-electron chi connectivity index (χ4n) is 2.21. The molecule has 98 valence electrons. The van der Waals surface area contributed by atoms with E-state index >= 15 is 0 Å². The Morgan fingerprint density at radius 2 is 2.11 bits per heavy atom. The molecule has 0 heterocycles. The van der Waals surface area contributed by atoms with Crippen LogP contribution in [0.25, 0.3) is 0 Å². The smallest absolute Gasteiger partial charge is 0.253 e. The normalized spacial score (nSPS) is 16.1. The van der Waals surface area contributed by atoms with Crippen LogP contribution in [0.15, 0.2) is 24.3 Å². The average Bonchev–Trinajstić information content (AvgIpc) is 3.21. The van der Waals surface area contributed by atoms with E-state index in [0.717, 1.165) is 30.3 Å². The van der Waals surface area contributed by atoms with Crippen LogP contribution in [-0.2, 0) is 0 Å². The Morgan fingerprint density at radius 1 is 1.39 bits per heavy atom. The van der Waals surface area contributed by atoms with Crippen molar-refractivity contribution >= 4 is 11.6 Å². The van der Waals surface area contributed by atoms with E-state index in [4.69, 9.17) is 0 Å². The van der Waals surface area contributed by atoms with Crippen LogP contribution in [0.5, 0.6) is 0 Å². The first-order valence-electron chi connectivity index (χ1n) is 6.83. The number of carbonyl (C=O) groups is 1. The molecule has 18 heavy (non-hydrogen) atoms. The molecular formula is C15H22N2O. The van der Waals surface area contributed by atoms with Gasteiger partial charge < -0.3 is 10.6 Å². The standard InChI is InChI=1S/C15H22N2O/c1-3-16-14-7-5-4-6-13(14)15(18)17-10-11(2)12-8-9-12/h4-7,11-12,16H,3,8-10H2,1-2H3,(H,17,18). The lowest BCUT2D eigenvalue weighted by Crippen LogP contribution is -2.29. The Morgan fingerprint density at radius 3 is 2.78 bits per heavy atom. The molecule has 1 amide bonds. The Hall–Kier alpha value is -1.51. The summed E-state index contributed by atoms with van der Waals surface area (Å²) in [6.07, 6.45) is 2.65. The van der Waals surface area contributed by atoms with Gasteiger partial charge in [-0.2, -0.15) is 0 Å². The van der Waals surface area contributed by atoms with Crippen molar-refractivity contribution < 1.29 is 4.79 Å². The second kappa shape index (κ2) is 5.89. The van der Waals surface area contributed by atoms with Gasteiger partial charge in [0.05, 0.1) is 5.56 Å². The molecule has 1 aromatic carbocycles. The number of anilines is 1. The van der Waals surface area contributed by atoms with Crippen LogP contribution in [0.3, 0.4) is 0 Å². The number of hydrogen-bond acceptors (Lipinski definition) is 2. The first-order chi connectivity index (χ1) is 8.72. The lowest BCUT2D eigenvalue weighted by Gasteiger charge is -2.14. The molecule has 1 unspecified atom stereocenters. The molecule has 1 fully saturated rings. The molecule has 3 heteroatoms. The molecule has 1 aromatic rings. The molecule has 0 saturated heterocycles. The Balaban J connectivity index is 1.94. The summed E-state index contributed by atoms with van der Waals surface area (Å²) in [5.41, 5.74) is 1.65. The largest absolute Gasteiger partial charge is 0.385 e. The topological polar surface area (TPSA) is 41.1 Å². The number of para-hydroxylation sites is 1. The van der Waals surface area contributed by atoms with Gasteiger partial charge in [0, 0.05) is 18.8 Å². The van der Waals surface area contributed by atoms with Gasteiger partial charge in [-0.1, -0.05) is 19.1 Å². The predicted molar refractivity (Wildman–Crippen MR) is 74.8 cm³/mol. The van der Waals surface area contributed by atoms with Gasteiger partial charge in [-0.3, -0.25) is 4.79 Å². The minimum atomic E-state index is 0.0269. The highest BCUT2D eigenvalue weighted by Crippen LogP contribution is 2.36. The average molecular weight is 246 g/mol. The van der Waals surface area contributed by atoms with Crippen molar-refractivity contribution in [3.05, 3.63) is 29.8 Å². The summed E-state index contributed by atoms with van der Waals surface area (Å²) in [6.45, 7) is 5.85. The van der Waals surface area contributed by atoms with E-state index in [1.54, 1.807) is 0 Å². The van der Waals surface area contributed by atoms with E-state index in [2.05, 4.69) is 17.6 Å².